The molecule has 0 aromatic heterocycles. The van der Waals surface area contributed by atoms with Crippen LogP contribution in [0.25, 0.3) is 22.3 Å². The lowest BCUT2D eigenvalue weighted by atomic mass is 9.87. The molecule has 13 heteroatoms. The lowest BCUT2D eigenvalue weighted by Gasteiger charge is -2.32. The highest BCUT2D eigenvalue weighted by Gasteiger charge is 2.37. The Bertz CT molecular complexity index is 2260. The maximum absolute atomic E-state index is 14.6. The van der Waals surface area contributed by atoms with Gasteiger partial charge in [0.25, 0.3) is 0 Å². The summed E-state index contributed by atoms with van der Waals surface area (Å²) in [7, 11) is 1.48. The van der Waals surface area contributed by atoms with E-state index in [0.29, 0.717) is 54.1 Å². The van der Waals surface area contributed by atoms with E-state index in [1.165, 1.54) is 36.2 Å². The van der Waals surface area contributed by atoms with Gasteiger partial charge in [-0.15, -0.1) is 0 Å². The Morgan fingerprint density at radius 3 is 2.12 bits per heavy atom. The zero-order chi connectivity index (χ0) is 43.1. The Hall–Kier alpha value is -5.69. The van der Waals surface area contributed by atoms with Crippen molar-refractivity contribution >= 4 is 46.5 Å². The fourth-order valence-electron chi connectivity index (χ4n) is 7.70. The molecule has 1 fully saturated rings. The van der Waals surface area contributed by atoms with Crippen LogP contribution >= 0.6 is 11.6 Å². The minimum atomic E-state index is -1.26. The van der Waals surface area contributed by atoms with Crippen molar-refractivity contribution < 1.29 is 43.7 Å². The second-order valence-electron chi connectivity index (χ2n) is 15.8. The van der Waals surface area contributed by atoms with Crippen molar-refractivity contribution in [1.82, 2.24) is 10.2 Å². The van der Waals surface area contributed by atoms with E-state index in [4.69, 9.17) is 22.1 Å². The number of epoxide rings is 1. The third-order valence-corrected chi connectivity index (χ3v) is 11.6. The number of fused-ring (bicyclic) bond motifs is 5. The van der Waals surface area contributed by atoms with Crippen molar-refractivity contribution in [3.8, 4) is 33.8 Å². The van der Waals surface area contributed by atoms with Crippen LogP contribution < -0.4 is 11.1 Å². The summed E-state index contributed by atoms with van der Waals surface area (Å²) in [6.45, 7) is 2.27. The lowest BCUT2D eigenvalue weighted by Crippen LogP contribution is -2.46. The van der Waals surface area contributed by atoms with Crippen molar-refractivity contribution in [2.45, 2.75) is 76.5 Å². The number of aromatic hydroxyl groups is 2. The molecule has 4 aromatic carbocycles. The van der Waals surface area contributed by atoms with Crippen molar-refractivity contribution in [2.24, 2.45) is 17.6 Å². The van der Waals surface area contributed by atoms with Crippen LogP contribution in [0.3, 0.4) is 0 Å². The average molecular weight is 836 g/mol. The summed E-state index contributed by atoms with van der Waals surface area (Å²) in [5, 5.41) is 25.6. The molecule has 6 rings (SSSR count). The molecule has 2 heterocycles. The maximum Gasteiger partial charge on any atom is 0.226 e. The summed E-state index contributed by atoms with van der Waals surface area (Å²) < 4.78 is 5.05. The number of benzene rings is 4. The molecule has 1 saturated heterocycles. The van der Waals surface area contributed by atoms with Gasteiger partial charge in [0.1, 0.15) is 23.6 Å². The fourth-order valence-corrected chi connectivity index (χ4v) is 7.83. The Balaban J connectivity index is 1.31. The van der Waals surface area contributed by atoms with Crippen LogP contribution in [0.1, 0.15) is 79.4 Å². The number of nitrogens with one attached hydrogen (secondary N) is 1. The van der Waals surface area contributed by atoms with Crippen LogP contribution in [0.15, 0.2) is 84.9 Å². The van der Waals surface area contributed by atoms with Crippen LogP contribution in [-0.4, -0.2) is 82.4 Å². The Kier molecular flexibility index (Phi) is 14.3. The number of amides is 2. The van der Waals surface area contributed by atoms with Gasteiger partial charge in [0.15, 0.2) is 23.1 Å². The standard InChI is InChI=1S/C47H50ClN3O9/c1-27-21-43(57)45(51(2)47(59)33(5-3-4-20-49)25-42(56)31-9-7-29(8-10-31)30-11-14-34(48)15-12-30)32-13-17-39(53)36(24-32)35-22-28(6-16-38(35)52)23-37(50-46(27)58)40(54)18-19-41(55)44-26-60-44/h6-17,22,24,27,33,37,44-45,52-53H,3-5,18-21,23,25-26,49H2,1-2H3,(H,50,58)/t27-,33-,37+,44?,45+/m1/s1. The van der Waals surface area contributed by atoms with Gasteiger partial charge in [-0.05, 0) is 84.5 Å². The van der Waals surface area contributed by atoms with Gasteiger partial charge < -0.3 is 30.9 Å². The van der Waals surface area contributed by atoms with Gasteiger partial charge in [0.2, 0.25) is 11.8 Å². The lowest BCUT2D eigenvalue weighted by molar-refractivity contribution is -0.142. The number of nitrogens with two attached hydrogens (primary N) is 1. The highest BCUT2D eigenvalue weighted by molar-refractivity contribution is 6.30. The summed E-state index contributed by atoms with van der Waals surface area (Å²) in [6, 6.07) is 21.1. The molecule has 4 aromatic rings. The molecular weight excluding hydrogens is 786 g/mol. The number of nitrogens with zero attached hydrogens (tertiary/aromatic N) is 1. The molecule has 314 valence electrons. The van der Waals surface area contributed by atoms with Crippen LogP contribution in [0.5, 0.6) is 11.5 Å². The third-order valence-electron chi connectivity index (χ3n) is 11.3. The van der Waals surface area contributed by atoms with Crippen LogP contribution in [0, 0.1) is 11.8 Å². The van der Waals surface area contributed by atoms with Crippen molar-refractivity contribution in [3.05, 3.63) is 107 Å². The normalized spacial score (nSPS) is 19.4. The van der Waals surface area contributed by atoms with E-state index in [0.717, 1.165) is 11.1 Å². The van der Waals surface area contributed by atoms with E-state index in [1.54, 1.807) is 43.3 Å². The monoisotopic (exact) mass is 835 g/mol. The molecule has 5 N–H and O–H groups in total. The van der Waals surface area contributed by atoms with E-state index in [1.807, 2.05) is 24.3 Å². The smallest absolute Gasteiger partial charge is 0.226 e. The topological polar surface area (TPSA) is 197 Å². The van der Waals surface area contributed by atoms with E-state index in [-0.39, 0.29) is 66.3 Å². The molecule has 0 saturated carbocycles. The zero-order valence-corrected chi connectivity index (χ0v) is 34.5. The summed E-state index contributed by atoms with van der Waals surface area (Å²) in [5.41, 5.74) is 9.28. The molecular formula is C47H50ClN3O9. The molecule has 1 unspecified atom stereocenters. The number of rotatable bonds is 15. The van der Waals surface area contributed by atoms with Gasteiger partial charge in [0.05, 0.1) is 12.6 Å². The molecule has 4 bridgehead atoms. The van der Waals surface area contributed by atoms with Gasteiger partial charge in [-0.3, -0.25) is 28.8 Å². The van der Waals surface area contributed by atoms with E-state index < -0.39 is 53.4 Å². The SMILES string of the molecule is C[C@@H]1CC(=O)[C@@H](N(C)C(=O)[C@H](CCCCN)CC(=O)c2ccc(-c3ccc(Cl)cc3)cc2)c2ccc(O)c(c2)-c2cc(ccc2O)C[C@@H](C(=O)CCC(=O)C2CO2)NC1=O. The molecule has 5 atom stereocenters. The number of hydrogen-bond acceptors (Lipinski definition) is 10. The highest BCUT2D eigenvalue weighted by atomic mass is 35.5. The van der Waals surface area contributed by atoms with Gasteiger partial charge in [-0.25, -0.2) is 0 Å². The van der Waals surface area contributed by atoms with Crippen molar-refractivity contribution in [3.63, 3.8) is 0 Å². The molecule has 60 heavy (non-hydrogen) atoms. The predicted octanol–water partition coefficient (Wildman–Crippen LogP) is 6.56. The molecule has 0 radical (unpaired) electrons. The number of likely N-dealkylation sites (N-methyl/N-ethyl adjacent to an activating group) is 1. The summed E-state index contributed by atoms with van der Waals surface area (Å²) >= 11 is 6.05. The van der Waals surface area contributed by atoms with Gasteiger partial charge in [-0.2, -0.15) is 0 Å². The highest BCUT2D eigenvalue weighted by Crippen LogP contribution is 2.40. The molecule has 0 aliphatic carbocycles. The van der Waals surface area contributed by atoms with Gasteiger partial charge in [0, 0.05) is 66.3 Å². The van der Waals surface area contributed by atoms with Gasteiger partial charge in [-0.1, -0.05) is 73.5 Å². The number of carbonyl (C=O) groups excluding carboxylic acids is 6. The first-order chi connectivity index (χ1) is 28.7. The first-order valence-corrected chi connectivity index (χ1v) is 20.6. The second-order valence-corrected chi connectivity index (χ2v) is 16.2. The number of hydrogen-bond donors (Lipinski definition) is 4. The van der Waals surface area contributed by atoms with Crippen LogP contribution in [-0.2, 0) is 35.1 Å². The molecule has 2 amide bonds. The largest absolute Gasteiger partial charge is 0.507 e. The second kappa shape index (κ2) is 19.6. The number of phenols is 2. The zero-order valence-electron chi connectivity index (χ0n) is 33.7. The Labute approximate surface area is 354 Å². The fraction of sp³-hybridized carbons (Fsp3) is 0.362. The number of phenolic OH excluding ortho intramolecular Hbond substituents is 2. The Morgan fingerprint density at radius 2 is 1.47 bits per heavy atom. The Morgan fingerprint density at radius 1 is 0.850 bits per heavy atom. The number of unbranched alkanes of at least 4 members (excludes halogenated alkanes) is 1. The minimum Gasteiger partial charge on any atom is -0.507 e. The van der Waals surface area contributed by atoms with E-state index in [2.05, 4.69) is 5.32 Å². The van der Waals surface area contributed by atoms with Gasteiger partial charge >= 0.3 is 0 Å². The van der Waals surface area contributed by atoms with Crippen molar-refractivity contribution in [1.29, 1.82) is 0 Å². The third kappa shape index (κ3) is 10.7. The summed E-state index contributed by atoms with van der Waals surface area (Å²) in [6.07, 6.45) is 0.357. The predicted molar refractivity (Wildman–Crippen MR) is 226 cm³/mol. The molecule has 2 aliphatic rings. The van der Waals surface area contributed by atoms with Crippen molar-refractivity contribution in [2.75, 3.05) is 20.2 Å². The van der Waals surface area contributed by atoms with Crippen LogP contribution in [0.4, 0.5) is 0 Å². The molecule has 0 spiro atoms. The number of Topliss-reactive ketones (excluding diaryl/α,β-unsaturated/α-hetero) is 4. The summed E-state index contributed by atoms with van der Waals surface area (Å²) in [4.78, 5) is 83.8. The number of ether oxygens (including phenoxy) is 1. The van der Waals surface area contributed by atoms with E-state index >= 15 is 0 Å². The average Bonchev–Trinajstić information content (AvgIpc) is 4.09. The number of ketones is 4. The molecule has 2 aliphatic heterocycles. The maximum atomic E-state index is 14.6. The minimum absolute atomic E-state index is 0.0176. The van der Waals surface area contributed by atoms with E-state index in [9.17, 15) is 39.0 Å². The van der Waals surface area contributed by atoms with Crippen LogP contribution in [0.2, 0.25) is 5.02 Å². The quantitative estimate of drug-likeness (QED) is 0.0579. The molecule has 12 nitrogen and oxygen atoms in total. The first-order valence-electron chi connectivity index (χ1n) is 20.2. The number of halogens is 1. The number of carbonyl (C=O) groups is 6. The summed E-state index contributed by atoms with van der Waals surface area (Å²) in [5.74, 6) is -4.54. The first kappa shape index (κ1) is 43.9.